The summed E-state index contributed by atoms with van der Waals surface area (Å²) in [5.74, 6) is 10.0. The highest BCUT2D eigenvalue weighted by Crippen LogP contribution is 2.38. The largest absolute Gasteiger partial charge is 0.473 e. The lowest BCUT2D eigenvalue weighted by molar-refractivity contribution is 0.0984. The molecule has 28 nitrogen and oxygen atoms in total. The number of hydrogen-bond donors (Lipinski definition) is 4. The van der Waals surface area contributed by atoms with Crippen molar-refractivity contribution in [3.05, 3.63) is 226 Å². The molecule has 0 unspecified atom stereocenters. The number of nitrogens with two attached hydrogens (primary N) is 1. The Morgan fingerprint density at radius 1 is 0.456 bits per heavy atom. The van der Waals surface area contributed by atoms with Gasteiger partial charge in [-0.25, -0.2) is 44.9 Å². The van der Waals surface area contributed by atoms with Crippen LogP contribution < -0.4 is 56.1 Å². The van der Waals surface area contributed by atoms with Gasteiger partial charge in [0.25, 0.3) is 0 Å². The quantitative estimate of drug-likeness (QED) is 0.0654. The van der Waals surface area contributed by atoms with Gasteiger partial charge in [0, 0.05) is 160 Å². The molecule has 0 aliphatic carbocycles. The van der Waals surface area contributed by atoms with E-state index in [-0.39, 0.29) is 46.0 Å². The SMILES string of the molecule is C.C.C.C[C@H]1COCCN1c1nc(-c2ccc(N)cc2)nc2c1CCN(c1nccn1C)C2.C[C@H]1COCCN1c1nc(-c2ccc(Nc3cccc(=O)[nH]3)cc2)nc2c1CCN(c1nccn1C)C2.C[C@H]1COCCN1c1nc(-c2ccc(Nc3cccc(OCc4ccccc4)n3)cc2)nc2c1CCN(c1nccn1C)C2. The fourth-order valence-electron chi connectivity index (χ4n) is 15.1. The number of nitrogens with one attached hydrogen (secondary N) is 3. The molecule has 6 aliphatic rings. The van der Waals surface area contributed by atoms with Crippen molar-refractivity contribution in [1.82, 2.24) is 68.5 Å². The van der Waals surface area contributed by atoms with Crippen molar-refractivity contribution in [1.29, 1.82) is 0 Å². The molecule has 5 N–H and O–H groups in total. The van der Waals surface area contributed by atoms with Gasteiger partial charge in [-0.2, -0.15) is 4.98 Å². The first kappa shape index (κ1) is 79.8. The Balaban J connectivity index is 0.000000150. The van der Waals surface area contributed by atoms with E-state index in [1.165, 1.54) is 22.8 Å². The van der Waals surface area contributed by atoms with E-state index in [1.54, 1.807) is 6.07 Å². The molecule has 0 amide bonds. The van der Waals surface area contributed by atoms with E-state index < -0.39 is 0 Å². The van der Waals surface area contributed by atoms with Gasteiger partial charge < -0.3 is 83.4 Å². The van der Waals surface area contributed by atoms with Crippen LogP contribution in [0.15, 0.2) is 182 Å². The second-order valence-electron chi connectivity index (χ2n) is 28.9. The number of nitrogens with zero attached hydrogens (tertiary/aromatic N) is 19. The van der Waals surface area contributed by atoms with Crippen LogP contribution in [0.5, 0.6) is 5.88 Å². The number of hydrogen-bond acceptors (Lipinski definition) is 24. The summed E-state index contributed by atoms with van der Waals surface area (Å²) in [6.45, 7) is 18.5. The molecule has 4 aromatic carbocycles. The maximum Gasteiger partial charge on any atom is 0.249 e. The van der Waals surface area contributed by atoms with Crippen LogP contribution in [0.3, 0.4) is 0 Å². The maximum absolute atomic E-state index is 11.6. The van der Waals surface area contributed by atoms with E-state index in [0.717, 1.165) is 182 Å². The summed E-state index contributed by atoms with van der Waals surface area (Å²) < 4.78 is 29.2. The normalized spacial score (nSPS) is 17.1. The molecular formula is C86H105N23O5. The van der Waals surface area contributed by atoms with Crippen molar-refractivity contribution in [3.63, 3.8) is 0 Å². The van der Waals surface area contributed by atoms with Crippen molar-refractivity contribution in [2.24, 2.45) is 21.1 Å². The number of H-pyrrole nitrogens is 1. The molecule has 3 fully saturated rings. The van der Waals surface area contributed by atoms with Crippen molar-refractivity contribution in [3.8, 4) is 40.0 Å². The first-order valence-corrected chi connectivity index (χ1v) is 38.1. The van der Waals surface area contributed by atoms with Gasteiger partial charge in [-0.1, -0.05) is 64.7 Å². The lowest BCUT2D eigenvalue weighted by Gasteiger charge is -2.38. The van der Waals surface area contributed by atoms with Gasteiger partial charge in [0.05, 0.1) is 94.5 Å². The third kappa shape index (κ3) is 17.9. The molecule has 18 rings (SSSR count). The standard InChI is InChI=1S/C34H36N8O2.C27H30N8O2.C22H27N7O.3CH4/c1-24-22-43-20-19-42(24)33-28-15-17-41(34-35-16-18-40(34)2)21-29(28)37-32(39-33)26-11-13-27(14-12-26)36-30-9-6-10-31(38-30)44-23-25-7-4-3-5-8-25;1-18-17-37-15-14-35(18)26-21-10-12-34(27-28-11-13-33(27)2)16-22(21)30-25(32-26)19-6-8-20(9-7-19)29-23-4-3-5-24(36)31-23;1-15-14-30-12-11-29(15)21-18-7-9-28(22-24-8-10-27(22)2)13-19(18)25-20(26-21)16-3-5-17(23)6-4-16;;;/h3-14,16,18,24H,15,17,19-23H2,1-2H3,(H,36,38);3-9,11,13,18H,10,12,14-17H2,1-2H3,(H2,29,31,36);3-6,8,10,15H,7,9,11-14,23H2,1-2H3;3*1H4/t24-;18-;15-;;;/m000.../s1. The summed E-state index contributed by atoms with van der Waals surface area (Å²) >= 11 is 0. The molecule has 14 heterocycles. The molecule has 6 aliphatic heterocycles. The van der Waals surface area contributed by atoms with Crippen LogP contribution in [0.1, 0.15) is 82.4 Å². The van der Waals surface area contributed by atoms with Gasteiger partial charge in [0.2, 0.25) is 29.3 Å². The summed E-state index contributed by atoms with van der Waals surface area (Å²) in [7, 11) is 6.08. The molecule has 114 heavy (non-hydrogen) atoms. The monoisotopic (exact) mass is 1540 g/mol. The number of benzene rings is 4. The molecule has 12 aromatic rings. The Hall–Kier alpha value is -12.3. The van der Waals surface area contributed by atoms with E-state index in [0.29, 0.717) is 69.5 Å². The third-order valence-corrected chi connectivity index (χ3v) is 21.0. The number of rotatable bonds is 16. The highest BCUT2D eigenvalue weighted by Gasteiger charge is 2.34. The number of aromatic nitrogens is 14. The average Bonchev–Trinajstić information content (AvgIpc) is 1.03. The van der Waals surface area contributed by atoms with Crippen molar-refractivity contribution in [2.45, 2.75) is 107 Å². The molecule has 3 saturated heterocycles. The van der Waals surface area contributed by atoms with E-state index in [1.807, 2.05) is 178 Å². The zero-order valence-corrected chi connectivity index (χ0v) is 63.5. The number of aromatic amines is 1. The first-order chi connectivity index (χ1) is 54.2. The van der Waals surface area contributed by atoms with Crippen LogP contribution in [-0.2, 0) is 80.9 Å². The summed E-state index contributed by atoms with van der Waals surface area (Å²) in [6.07, 6.45) is 14.1. The van der Waals surface area contributed by atoms with Gasteiger partial charge in [-0.05, 0) is 131 Å². The minimum Gasteiger partial charge on any atom is -0.473 e. The van der Waals surface area contributed by atoms with Gasteiger partial charge in [-0.3, -0.25) is 4.79 Å². The van der Waals surface area contributed by atoms with Crippen LogP contribution in [0.2, 0.25) is 0 Å². The zero-order valence-electron chi connectivity index (χ0n) is 63.5. The van der Waals surface area contributed by atoms with Gasteiger partial charge in [0.1, 0.15) is 35.7 Å². The van der Waals surface area contributed by atoms with E-state index in [2.05, 4.69) is 107 Å². The minimum absolute atomic E-state index is 0. The second-order valence-corrected chi connectivity index (χ2v) is 28.9. The summed E-state index contributed by atoms with van der Waals surface area (Å²) in [4.78, 5) is 77.2. The first-order valence-electron chi connectivity index (χ1n) is 38.1. The van der Waals surface area contributed by atoms with Crippen molar-refractivity contribution >= 4 is 64.0 Å². The van der Waals surface area contributed by atoms with Crippen LogP contribution in [0.25, 0.3) is 34.2 Å². The Kier molecular flexibility index (Phi) is 25.2. The van der Waals surface area contributed by atoms with Crippen LogP contribution in [0, 0.1) is 0 Å². The fourth-order valence-corrected chi connectivity index (χ4v) is 15.1. The highest BCUT2D eigenvalue weighted by molar-refractivity contribution is 5.70. The maximum atomic E-state index is 11.6. The molecular weight excluding hydrogens is 1440 g/mol. The topological polar surface area (TPSA) is 283 Å². The zero-order chi connectivity index (χ0) is 75.9. The number of nitrogen functional groups attached to an aromatic ring is 1. The molecule has 8 aromatic heterocycles. The van der Waals surface area contributed by atoms with E-state index in [4.69, 9.17) is 54.6 Å². The van der Waals surface area contributed by atoms with E-state index >= 15 is 0 Å². The van der Waals surface area contributed by atoms with Gasteiger partial charge in [0.15, 0.2) is 17.5 Å². The molecule has 0 spiro atoms. The van der Waals surface area contributed by atoms with Crippen LogP contribution in [-0.4, -0.2) is 166 Å². The van der Waals surface area contributed by atoms with Gasteiger partial charge >= 0.3 is 0 Å². The Labute approximate surface area is 667 Å². The molecule has 3 atom stereocenters. The number of aryl methyl sites for hydroxylation is 3. The van der Waals surface area contributed by atoms with Crippen LogP contribution in [0.4, 0.5) is 64.0 Å². The average molecular weight is 1540 g/mol. The van der Waals surface area contributed by atoms with Crippen molar-refractivity contribution < 1.29 is 18.9 Å². The molecule has 0 radical (unpaired) electrons. The highest BCUT2D eigenvalue weighted by atomic mass is 16.5. The lowest BCUT2D eigenvalue weighted by Crippen LogP contribution is -2.45. The predicted octanol–water partition coefficient (Wildman–Crippen LogP) is 12.6. The molecule has 0 saturated carbocycles. The summed E-state index contributed by atoms with van der Waals surface area (Å²) in [6, 6.07) is 45.6. The number of pyridine rings is 2. The molecule has 0 bridgehead atoms. The predicted molar refractivity (Wildman–Crippen MR) is 452 cm³/mol. The number of fused-ring (bicyclic) bond motifs is 3. The van der Waals surface area contributed by atoms with Gasteiger partial charge in [-0.15, -0.1) is 0 Å². The third-order valence-electron chi connectivity index (χ3n) is 21.0. The number of anilines is 11. The Bertz CT molecular complexity index is 5250. The molecule has 594 valence electrons. The lowest BCUT2D eigenvalue weighted by atomic mass is 10.0. The van der Waals surface area contributed by atoms with Crippen molar-refractivity contribution in [2.75, 3.05) is 125 Å². The number of ether oxygens (including phenoxy) is 4. The number of morpholine rings is 3. The summed E-state index contributed by atoms with van der Waals surface area (Å²) in [5, 5.41) is 6.63. The van der Waals surface area contributed by atoms with Crippen LogP contribution >= 0.6 is 0 Å². The van der Waals surface area contributed by atoms with E-state index in [9.17, 15) is 4.79 Å². The smallest absolute Gasteiger partial charge is 0.249 e. The Morgan fingerprint density at radius 3 is 1.25 bits per heavy atom. The minimum atomic E-state index is -0.145. The summed E-state index contributed by atoms with van der Waals surface area (Å²) in [5.41, 5.74) is 19.1. The number of imidazole rings is 3. The molecule has 28 heteroatoms. The fraction of sp³-hybridized carbons (Fsp3) is 0.360. The Morgan fingerprint density at radius 2 is 0.860 bits per heavy atom. The second kappa shape index (κ2) is 36.0.